The van der Waals surface area contributed by atoms with Crippen LogP contribution in [0.25, 0.3) is 0 Å². The van der Waals surface area contributed by atoms with E-state index in [-0.39, 0.29) is 36.0 Å². The first-order valence-corrected chi connectivity index (χ1v) is 12.3. The number of likely N-dealkylation sites (tertiary alicyclic amines) is 1. The average Bonchev–Trinajstić information content (AvgIpc) is 3.15. The van der Waals surface area contributed by atoms with Crippen molar-refractivity contribution in [3.63, 3.8) is 0 Å². The van der Waals surface area contributed by atoms with Crippen molar-refractivity contribution in [2.24, 2.45) is 29.1 Å². The standard InChI is InChI=1S/C24H39NO7/c1-6-25-11-21(32-5)8-7-15(30-3)23-13-9-12-14(29-2)10-22(27,16(13)17(12)26)24(28,20(23)25)19(31-4)18(21)23/h12-20,26-28H,6-11H2,1-5H3/t12-,13-,14-,15+,16-,17+,18-,19+,20+,21-,22-,23+,24-/m1/s1. The number of piperidine rings is 1. The number of hydrogen-bond donors (Lipinski definition) is 3. The zero-order chi connectivity index (χ0) is 22.8. The topological polar surface area (TPSA) is 101 Å². The van der Waals surface area contributed by atoms with E-state index in [0.717, 1.165) is 25.8 Å². The summed E-state index contributed by atoms with van der Waals surface area (Å²) in [5.74, 6) is -0.643. The molecule has 0 aromatic rings. The Morgan fingerprint density at radius 2 is 1.81 bits per heavy atom. The maximum atomic E-state index is 12.8. The van der Waals surface area contributed by atoms with Crippen molar-refractivity contribution in [3.05, 3.63) is 0 Å². The van der Waals surface area contributed by atoms with E-state index in [1.54, 1.807) is 28.4 Å². The zero-order valence-corrected chi connectivity index (χ0v) is 19.9. The van der Waals surface area contributed by atoms with Crippen LogP contribution in [-0.2, 0) is 18.9 Å². The van der Waals surface area contributed by atoms with Crippen molar-refractivity contribution in [1.82, 2.24) is 4.90 Å². The molecule has 0 aromatic heterocycles. The van der Waals surface area contributed by atoms with Gasteiger partial charge in [-0.15, -0.1) is 0 Å². The predicted molar refractivity (Wildman–Crippen MR) is 114 cm³/mol. The molecular formula is C24H39NO7. The van der Waals surface area contributed by atoms with E-state index in [1.807, 2.05) is 0 Å². The van der Waals surface area contributed by atoms with E-state index in [2.05, 4.69) is 11.8 Å². The van der Waals surface area contributed by atoms with Gasteiger partial charge < -0.3 is 34.3 Å². The molecule has 0 radical (unpaired) electrons. The molecule has 6 fully saturated rings. The Morgan fingerprint density at radius 1 is 1.06 bits per heavy atom. The van der Waals surface area contributed by atoms with Gasteiger partial charge in [0.2, 0.25) is 0 Å². The second-order valence-corrected chi connectivity index (χ2v) is 11.4. The number of fused-ring (bicyclic) bond motifs is 2. The Hall–Kier alpha value is -0.320. The molecular weight excluding hydrogens is 414 g/mol. The van der Waals surface area contributed by atoms with Crippen LogP contribution < -0.4 is 0 Å². The van der Waals surface area contributed by atoms with Gasteiger partial charge >= 0.3 is 0 Å². The fourth-order valence-corrected chi connectivity index (χ4v) is 10.6. The fourth-order valence-electron chi connectivity index (χ4n) is 10.6. The molecule has 1 aliphatic heterocycles. The minimum absolute atomic E-state index is 0.0165. The van der Waals surface area contributed by atoms with Gasteiger partial charge in [0.05, 0.1) is 36.1 Å². The number of nitrogens with zero attached hydrogens (tertiary/aromatic N) is 1. The summed E-state index contributed by atoms with van der Waals surface area (Å²) in [5.41, 5.74) is -4.07. The van der Waals surface area contributed by atoms with E-state index in [9.17, 15) is 15.3 Å². The Labute approximate surface area is 190 Å². The second kappa shape index (κ2) is 6.66. The van der Waals surface area contributed by atoms with E-state index in [1.165, 1.54) is 0 Å². The van der Waals surface area contributed by atoms with Crippen molar-refractivity contribution in [1.29, 1.82) is 0 Å². The van der Waals surface area contributed by atoms with Crippen LogP contribution in [0.15, 0.2) is 0 Å². The summed E-state index contributed by atoms with van der Waals surface area (Å²) in [6, 6.07) is -0.337. The highest BCUT2D eigenvalue weighted by molar-refractivity contribution is 5.42. The molecule has 6 aliphatic rings. The summed E-state index contributed by atoms with van der Waals surface area (Å²) >= 11 is 0. The average molecular weight is 454 g/mol. The van der Waals surface area contributed by atoms with Gasteiger partial charge in [-0.3, -0.25) is 4.90 Å². The van der Waals surface area contributed by atoms with Crippen molar-refractivity contribution in [2.45, 2.75) is 79.9 Å². The lowest BCUT2D eigenvalue weighted by Crippen LogP contribution is -2.82. The van der Waals surface area contributed by atoms with Gasteiger partial charge in [-0.25, -0.2) is 0 Å². The van der Waals surface area contributed by atoms with Gasteiger partial charge in [0.1, 0.15) is 11.2 Å². The molecule has 0 unspecified atom stereocenters. The third-order valence-electron chi connectivity index (χ3n) is 11.3. The molecule has 7 bridgehead atoms. The predicted octanol–water partition coefficient (Wildman–Crippen LogP) is 0.0234. The first-order valence-electron chi connectivity index (χ1n) is 12.3. The molecule has 8 heteroatoms. The molecule has 1 heterocycles. The largest absolute Gasteiger partial charge is 0.392 e. The molecule has 0 amide bonds. The van der Waals surface area contributed by atoms with Crippen molar-refractivity contribution in [3.8, 4) is 0 Å². The lowest BCUT2D eigenvalue weighted by atomic mass is 9.44. The molecule has 5 saturated carbocycles. The Balaban J connectivity index is 1.69. The quantitative estimate of drug-likeness (QED) is 0.536. The van der Waals surface area contributed by atoms with Crippen molar-refractivity contribution >= 4 is 0 Å². The molecule has 1 saturated heterocycles. The van der Waals surface area contributed by atoms with Gasteiger partial charge in [0.15, 0.2) is 0 Å². The molecule has 3 N–H and O–H groups in total. The van der Waals surface area contributed by atoms with Crippen LogP contribution in [-0.4, -0.2) is 109 Å². The molecule has 0 aromatic carbocycles. The number of likely N-dealkylation sites (N-methyl/N-ethyl adjacent to an activating group) is 1. The molecule has 13 atom stereocenters. The van der Waals surface area contributed by atoms with E-state index in [0.29, 0.717) is 13.0 Å². The maximum absolute atomic E-state index is 12.8. The smallest absolute Gasteiger partial charge is 0.136 e. The van der Waals surface area contributed by atoms with Crippen LogP contribution in [0.4, 0.5) is 0 Å². The highest BCUT2D eigenvalue weighted by atomic mass is 16.5. The molecule has 8 nitrogen and oxygen atoms in total. The van der Waals surface area contributed by atoms with Crippen LogP contribution in [0, 0.1) is 29.1 Å². The first kappa shape index (κ1) is 22.2. The van der Waals surface area contributed by atoms with Gasteiger partial charge in [-0.1, -0.05) is 6.92 Å². The number of aliphatic hydroxyl groups excluding tert-OH is 1. The van der Waals surface area contributed by atoms with Crippen molar-refractivity contribution in [2.75, 3.05) is 41.5 Å². The van der Waals surface area contributed by atoms with Gasteiger partial charge in [-0.2, -0.15) is 0 Å². The highest BCUT2D eigenvalue weighted by Crippen LogP contribution is 2.79. The lowest BCUT2D eigenvalue weighted by molar-refractivity contribution is -0.322. The summed E-state index contributed by atoms with van der Waals surface area (Å²) in [4.78, 5) is 2.32. The molecule has 6 rings (SSSR count). The number of rotatable bonds is 5. The number of aliphatic hydroxyl groups is 3. The summed E-state index contributed by atoms with van der Waals surface area (Å²) in [6.07, 6.45) is 0.937. The van der Waals surface area contributed by atoms with Crippen LogP contribution in [0.2, 0.25) is 0 Å². The Kier molecular flexibility index (Phi) is 4.62. The molecule has 5 aliphatic carbocycles. The molecule has 182 valence electrons. The highest BCUT2D eigenvalue weighted by Gasteiger charge is 2.91. The molecule has 1 spiro atoms. The monoisotopic (exact) mass is 453 g/mol. The van der Waals surface area contributed by atoms with Crippen LogP contribution in [0.1, 0.15) is 32.6 Å². The van der Waals surface area contributed by atoms with Crippen LogP contribution in [0.3, 0.4) is 0 Å². The van der Waals surface area contributed by atoms with Gasteiger partial charge in [0.25, 0.3) is 0 Å². The van der Waals surface area contributed by atoms with E-state index < -0.39 is 40.3 Å². The minimum atomic E-state index is -1.57. The van der Waals surface area contributed by atoms with E-state index in [4.69, 9.17) is 18.9 Å². The SMILES string of the molecule is CCN1C[C@]2(OC)CC[C@H](OC)[C@@]34[C@@H]5C[C@H]6[C@H](O)[C@@H]5[C@](O)(C[C@H]6OC)[C@@](O)([C@@H](OC)[C@H]23)[C@@H]14. The Bertz CT molecular complexity index is 798. The zero-order valence-electron chi connectivity index (χ0n) is 19.9. The summed E-state index contributed by atoms with van der Waals surface area (Å²) in [7, 11) is 6.82. The second-order valence-electron chi connectivity index (χ2n) is 11.4. The van der Waals surface area contributed by atoms with Crippen LogP contribution in [0.5, 0.6) is 0 Å². The van der Waals surface area contributed by atoms with Gasteiger partial charge in [0, 0.05) is 64.6 Å². The fraction of sp³-hybridized carbons (Fsp3) is 1.00. The summed E-state index contributed by atoms with van der Waals surface area (Å²) in [6.45, 7) is 3.53. The molecule has 32 heavy (non-hydrogen) atoms. The third kappa shape index (κ3) is 1.96. The van der Waals surface area contributed by atoms with E-state index >= 15 is 0 Å². The van der Waals surface area contributed by atoms with Gasteiger partial charge in [-0.05, 0) is 31.7 Å². The number of hydrogen-bond acceptors (Lipinski definition) is 8. The number of methoxy groups -OCH3 is 4. The van der Waals surface area contributed by atoms with Crippen LogP contribution >= 0.6 is 0 Å². The summed E-state index contributed by atoms with van der Waals surface area (Å²) in [5, 5.41) is 36.9. The normalized spacial score (nSPS) is 62.4. The first-order chi connectivity index (χ1) is 15.3. The number of ether oxygens (including phenoxy) is 4. The lowest BCUT2D eigenvalue weighted by Gasteiger charge is -2.69. The minimum Gasteiger partial charge on any atom is -0.392 e. The maximum Gasteiger partial charge on any atom is 0.136 e. The van der Waals surface area contributed by atoms with Crippen molar-refractivity contribution < 1.29 is 34.3 Å². The Morgan fingerprint density at radius 3 is 2.41 bits per heavy atom. The third-order valence-corrected chi connectivity index (χ3v) is 11.3. The summed E-state index contributed by atoms with van der Waals surface area (Å²) < 4.78 is 24.6.